The zero-order chi connectivity index (χ0) is 11.5. The third-order valence-electron chi connectivity index (χ3n) is 2.35. The van der Waals surface area contributed by atoms with Crippen molar-refractivity contribution >= 4 is 5.78 Å². The zero-order valence-corrected chi connectivity index (χ0v) is 8.73. The van der Waals surface area contributed by atoms with Crippen LogP contribution in [0, 0.1) is 0 Å². The zero-order valence-electron chi connectivity index (χ0n) is 8.73. The molecule has 0 saturated heterocycles. The van der Waals surface area contributed by atoms with Gasteiger partial charge in [-0.15, -0.1) is 0 Å². The summed E-state index contributed by atoms with van der Waals surface area (Å²) in [4.78, 5) is 11.4. The Morgan fingerprint density at radius 3 is 2.56 bits per heavy atom. The lowest BCUT2D eigenvalue weighted by Gasteiger charge is -2.10. The van der Waals surface area contributed by atoms with E-state index >= 15 is 0 Å². The highest BCUT2D eigenvalue weighted by atomic mass is 16.5. The number of ether oxygens (including phenoxy) is 2. The number of nitrogens with two attached hydrogens (primary N) is 1. The lowest BCUT2D eigenvalue weighted by atomic mass is 10.1. The summed E-state index contributed by atoms with van der Waals surface area (Å²) in [6.07, 6.45) is 0.773. The molecule has 86 valence electrons. The normalized spacial score (nSPS) is 14.3. The lowest BCUT2D eigenvalue weighted by Crippen LogP contribution is -2.13. The van der Waals surface area contributed by atoms with E-state index in [2.05, 4.69) is 0 Å². The second-order valence-electron chi connectivity index (χ2n) is 3.49. The number of hydrogen-bond acceptors (Lipinski definition) is 5. The Balaban J connectivity index is 2.42. The maximum absolute atomic E-state index is 11.4. The summed E-state index contributed by atoms with van der Waals surface area (Å²) in [5, 5.41) is 9.65. The molecule has 1 aromatic carbocycles. The van der Waals surface area contributed by atoms with E-state index in [0.29, 0.717) is 24.7 Å². The molecule has 3 N–H and O–H groups in total. The molecule has 0 aromatic heterocycles. The number of aromatic hydroxyl groups is 1. The van der Waals surface area contributed by atoms with Crippen LogP contribution in [0.4, 0.5) is 0 Å². The largest absolute Gasteiger partial charge is 0.507 e. The molecule has 0 amide bonds. The number of fused-ring (bicyclic) bond motifs is 1. The third kappa shape index (κ3) is 1.94. The molecule has 0 radical (unpaired) electrons. The van der Waals surface area contributed by atoms with Crippen LogP contribution in [0.15, 0.2) is 12.1 Å². The highest BCUT2D eigenvalue weighted by Gasteiger charge is 2.17. The van der Waals surface area contributed by atoms with E-state index < -0.39 is 0 Å². The fourth-order valence-electron chi connectivity index (χ4n) is 1.53. The lowest BCUT2D eigenvalue weighted by molar-refractivity contribution is 0.0998. The molecule has 0 atom stereocenters. The van der Waals surface area contributed by atoms with E-state index in [4.69, 9.17) is 15.2 Å². The molecule has 1 aromatic rings. The van der Waals surface area contributed by atoms with Crippen LogP contribution < -0.4 is 15.2 Å². The molecule has 5 nitrogen and oxygen atoms in total. The third-order valence-corrected chi connectivity index (χ3v) is 2.35. The minimum Gasteiger partial charge on any atom is -0.507 e. The van der Waals surface area contributed by atoms with Crippen molar-refractivity contribution in [2.24, 2.45) is 5.73 Å². The summed E-state index contributed by atoms with van der Waals surface area (Å²) < 4.78 is 10.8. The van der Waals surface area contributed by atoms with E-state index in [0.717, 1.165) is 6.42 Å². The van der Waals surface area contributed by atoms with Crippen molar-refractivity contribution in [2.75, 3.05) is 19.8 Å². The number of carbonyl (C=O) groups is 1. The molecule has 1 aliphatic heterocycles. The van der Waals surface area contributed by atoms with Gasteiger partial charge in [0.1, 0.15) is 5.75 Å². The Morgan fingerprint density at radius 2 is 1.94 bits per heavy atom. The summed E-state index contributed by atoms with van der Waals surface area (Å²) in [6.45, 7) is 0.928. The average Bonchev–Trinajstić information content (AvgIpc) is 2.51. The topological polar surface area (TPSA) is 81.8 Å². The van der Waals surface area contributed by atoms with Gasteiger partial charge in [0.2, 0.25) is 0 Å². The molecule has 16 heavy (non-hydrogen) atoms. The van der Waals surface area contributed by atoms with Gasteiger partial charge in [-0.2, -0.15) is 0 Å². The van der Waals surface area contributed by atoms with Crippen molar-refractivity contribution in [3.05, 3.63) is 17.7 Å². The molecule has 0 aliphatic carbocycles. The molecule has 0 saturated carbocycles. The fourth-order valence-corrected chi connectivity index (χ4v) is 1.53. The minimum atomic E-state index is -0.326. The van der Waals surface area contributed by atoms with Crippen LogP contribution in [-0.2, 0) is 0 Å². The molecule has 0 unspecified atom stereocenters. The van der Waals surface area contributed by atoms with E-state index in [9.17, 15) is 9.90 Å². The first kappa shape index (κ1) is 10.8. The summed E-state index contributed by atoms with van der Waals surface area (Å²) in [5.41, 5.74) is 5.42. The summed E-state index contributed by atoms with van der Waals surface area (Å²) in [7, 11) is 0. The van der Waals surface area contributed by atoms with Gasteiger partial charge in [-0.3, -0.25) is 4.79 Å². The Labute approximate surface area is 92.8 Å². The summed E-state index contributed by atoms with van der Waals surface area (Å²) in [6, 6.07) is 2.87. The minimum absolute atomic E-state index is 0.125. The number of phenols is 1. The first-order valence-electron chi connectivity index (χ1n) is 5.08. The molecule has 1 aliphatic rings. The van der Waals surface area contributed by atoms with Crippen LogP contribution in [0.1, 0.15) is 16.8 Å². The number of ketones is 1. The van der Waals surface area contributed by atoms with E-state index in [-0.39, 0.29) is 23.6 Å². The van der Waals surface area contributed by atoms with Gasteiger partial charge in [-0.05, 0) is 6.07 Å². The number of phenolic OH excluding ortho intramolecular Hbond substituents is 1. The number of hydrogen-bond donors (Lipinski definition) is 2. The Kier molecular flexibility index (Phi) is 2.96. The van der Waals surface area contributed by atoms with Crippen molar-refractivity contribution in [2.45, 2.75) is 6.42 Å². The van der Waals surface area contributed by atoms with E-state index in [1.807, 2.05) is 0 Å². The number of Topliss-reactive ketones (excluding diaryl/α,β-unsaturated/α-hetero) is 1. The van der Waals surface area contributed by atoms with Gasteiger partial charge >= 0.3 is 0 Å². The highest BCUT2D eigenvalue weighted by molar-refractivity contribution is 6.00. The molecular formula is C11H13NO4. The molecule has 0 spiro atoms. The Hall–Kier alpha value is -1.75. The summed E-state index contributed by atoms with van der Waals surface area (Å²) >= 11 is 0. The summed E-state index contributed by atoms with van der Waals surface area (Å²) in [5.74, 6) is 0.489. The number of carbonyl (C=O) groups excluding carboxylic acids is 1. The first-order chi connectivity index (χ1) is 7.72. The maximum Gasteiger partial charge on any atom is 0.180 e. The average molecular weight is 223 g/mol. The van der Waals surface area contributed by atoms with Crippen LogP contribution in [-0.4, -0.2) is 30.6 Å². The van der Waals surface area contributed by atoms with Gasteiger partial charge in [-0.25, -0.2) is 0 Å². The van der Waals surface area contributed by atoms with Crippen molar-refractivity contribution in [1.82, 2.24) is 0 Å². The molecule has 0 fully saturated rings. The van der Waals surface area contributed by atoms with Crippen LogP contribution in [0.3, 0.4) is 0 Å². The smallest absolute Gasteiger partial charge is 0.180 e. The van der Waals surface area contributed by atoms with Gasteiger partial charge in [0.25, 0.3) is 0 Å². The number of rotatable bonds is 2. The molecule has 2 rings (SSSR count). The van der Waals surface area contributed by atoms with Gasteiger partial charge < -0.3 is 20.3 Å². The Bertz CT molecular complexity index is 417. The van der Waals surface area contributed by atoms with Crippen molar-refractivity contribution < 1.29 is 19.4 Å². The fraction of sp³-hybridized carbons (Fsp3) is 0.364. The molecule has 0 bridgehead atoms. The van der Waals surface area contributed by atoms with Crippen molar-refractivity contribution in [3.8, 4) is 17.2 Å². The van der Waals surface area contributed by atoms with Gasteiger partial charge in [0.15, 0.2) is 17.3 Å². The van der Waals surface area contributed by atoms with Crippen LogP contribution in [0.25, 0.3) is 0 Å². The van der Waals surface area contributed by atoms with Crippen molar-refractivity contribution in [1.29, 1.82) is 0 Å². The highest BCUT2D eigenvalue weighted by Crippen LogP contribution is 2.35. The predicted molar refractivity (Wildman–Crippen MR) is 57.1 cm³/mol. The second kappa shape index (κ2) is 4.40. The van der Waals surface area contributed by atoms with Crippen LogP contribution in [0.5, 0.6) is 17.2 Å². The van der Waals surface area contributed by atoms with Crippen LogP contribution >= 0.6 is 0 Å². The molecular weight excluding hydrogens is 210 g/mol. The van der Waals surface area contributed by atoms with E-state index in [1.165, 1.54) is 12.1 Å². The van der Waals surface area contributed by atoms with Crippen LogP contribution in [0.2, 0.25) is 0 Å². The molecule has 1 heterocycles. The van der Waals surface area contributed by atoms with Crippen molar-refractivity contribution in [3.63, 3.8) is 0 Å². The van der Waals surface area contributed by atoms with Gasteiger partial charge in [0.05, 0.1) is 25.3 Å². The quantitative estimate of drug-likeness (QED) is 0.721. The SMILES string of the molecule is NCC(=O)c1cc2c(cc1O)OCCCO2. The molecule has 5 heteroatoms. The monoisotopic (exact) mass is 223 g/mol. The van der Waals surface area contributed by atoms with Gasteiger partial charge in [0, 0.05) is 12.5 Å². The maximum atomic E-state index is 11.4. The Morgan fingerprint density at radius 1 is 1.31 bits per heavy atom. The van der Waals surface area contributed by atoms with E-state index in [1.54, 1.807) is 0 Å². The first-order valence-corrected chi connectivity index (χ1v) is 5.08. The number of benzene rings is 1. The standard InChI is InChI=1S/C11H13NO4/c12-6-9(14)7-4-10-11(5-8(7)13)16-3-1-2-15-10/h4-5,13H,1-3,6,12H2. The predicted octanol–water partition coefficient (Wildman–Crippen LogP) is 0.695. The van der Waals surface area contributed by atoms with Gasteiger partial charge in [-0.1, -0.05) is 0 Å². The second-order valence-corrected chi connectivity index (χ2v) is 3.49.